The van der Waals surface area contributed by atoms with Crippen molar-refractivity contribution >= 4 is 17.3 Å². The summed E-state index contributed by atoms with van der Waals surface area (Å²) in [5, 5.41) is 15.7. The van der Waals surface area contributed by atoms with E-state index in [2.05, 4.69) is 21.7 Å². The van der Waals surface area contributed by atoms with Crippen molar-refractivity contribution in [3.05, 3.63) is 77.5 Å². The molecule has 4 N–H and O–H groups in total. The molecule has 32 heavy (non-hydrogen) atoms. The van der Waals surface area contributed by atoms with Gasteiger partial charge in [-0.1, -0.05) is 24.3 Å². The number of pyridine rings is 1. The first-order chi connectivity index (χ1) is 15.5. The molecule has 0 fully saturated rings. The molecule has 0 bridgehead atoms. The Morgan fingerprint density at radius 1 is 1.19 bits per heavy atom. The molecule has 7 heteroatoms. The predicted molar refractivity (Wildman–Crippen MR) is 126 cm³/mol. The summed E-state index contributed by atoms with van der Waals surface area (Å²) in [5.74, 6) is -0.259. The number of benzene rings is 2. The topological polar surface area (TPSA) is 113 Å². The summed E-state index contributed by atoms with van der Waals surface area (Å²) in [6, 6.07) is 18.1. The van der Waals surface area contributed by atoms with Crippen LogP contribution in [0.2, 0.25) is 0 Å². The highest BCUT2D eigenvalue weighted by Gasteiger charge is 2.11. The van der Waals surface area contributed by atoms with Crippen molar-refractivity contribution in [1.82, 2.24) is 10.3 Å². The summed E-state index contributed by atoms with van der Waals surface area (Å²) in [4.78, 5) is 17.0. The lowest BCUT2D eigenvalue weighted by Gasteiger charge is -2.10. The number of ether oxygens (including phenoxy) is 1. The molecule has 7 nitrogen and oxygen atoms in total. The Labute approximate surface area is 188 Å². The van der Waals surface area contributed by atoms with Gasteiger partial charge in [0.25, 0.3) is 5.91 Å². The minimum absolute atomic E-state index is 0.205. The van der Waals surface area contributed by atoms with Crippen molar-refractivity contribution in [1.29, 1.82) is 5.26 Å². The second kappa shape index (κ2) is 11.0. The summed E-state index contributed by atoms with van der Waals surface area (Å²) in [6.07, 6.45) is 1.96. The molecule has 2 aromatic carbocycles. The molecule has 1 aromatic heterocycles. The van der Waals surface area contributed by atoms with Crippen LogP contribution in [0.3, 0.4) is 0 Å². The number of aromatic nitrogens is 1. The third kappa shape index (κ3) is 6.14. The Balaban J connectivity index is 1.66. The number of hydrogen-bond donors (Lipinski definition) is 3. The minimum atomic E-state index is -0.259. The second-order valence-electron chi connectivity index (χ2n) is 7.57. The summed E-state index contributed by atoms with van der Waals surface area (Å²) in [5.41, 5.74) is 10.2. The van der Waals surface area contributed by atoms with E-state index >= 15 is 0 Å². The van der Waals surface area contributed by atoms with Crippen LogP contribution in [-0.4, -0.2) is 30.1 Å². The number of amides is 1. The first kappa shape index (κ1) is 22.9. The van der Waals surface area contributed by atoms with Crippen molar-refractivity contribution < 1.29 is 9.53 Å². The van der Waals surface area contributed by atoms with Crippen LogP contribution in [0.5, 0.6) is 0 Å². The van der Waals surface area contributed by atoms with Crippen LogP contribution in [0.15, 0.2) is 60.8 Å². The van der Waals surface area contributed by atoms with E-state index in [1.165, 1.54) is 0 Å². The van der Waals surface area contributed by atoms with Gasteiger partial charge in [-0.2, -0.15) is 5.26 Å². The smallest absolute Gasteiger partial charge is 0.255 e. The van der Waals surface area contributed by atoms with Gasteiger partial charge in [0, 0.05) is 30.4 Å². The molecular weight excluding hydrogens is 402 g/mol. The average molecular weight is 430 g/mol. The number of nitriles is 1. The molecule has 1 heterocycles. The molecule has 0 aliphatic carbocycles. The van der Waals surface area contributed by atoms with Gasteiger partial charge in [-0.15, -0.1) is 0 Å². The molecular formula is C25H27N5O2. The lowest BCUT2D eigenvalue weighted by atomic mass is 10.0. The third-order valence-electron chi connectivity index (χ3n) is 4.75. The van der Waals surface area contributed by atoms with Crippen molar-refractivity contribution in [2.75, 3.05) is 24.2 Å². The van der Waals surface area contributed by atoms with E-state index in [0.717, 1.165) is 17.7 Å². The summed E-state index contributed by atoms with van der Waals surface area (Å²) < 4.78 is 5.50. The standard InChI is InChI=1S/C25H27N5O2/c1-17(2)32-12-11-28-15-18-13-21(14-26)24(29-16-18)19-7-9-20(10-8-19)25(31)30-23-6-4-3-5-22(23)27/h3-10,13,16-17,28H,11-12,15,27H2,1-2H3,(H,30,31). The molecule has 3 rings (SSSR count). The van der Waals surface area contributed by atoms with E-state index in [1.807, 2.05) is 32.0 Å². The van der Waals surface area contributed by atoms with Crippen LogP contribution < -0.4 is 16.4 Å². The average Bonchev–Trinajstić information content (AvgIpc) is 2.80. The van der Waals surface area contributed by atoms with Crippen molar-refractivity contribution in [2.24, 2.45) is 0 Å². The fourth-order valence-corrected chi connectivity index (χ4v) is 3.10. The zero-order valence-corrected chi connectivity index (χ0v) is 18.3. The van der Waals surface area contributed by atoms with Crippen molar-refractivity contribution in [3.8, 4) is 17.3 Å². The van der Waals surface area contributed by atoms with E-state index in [0.29, 0.717) is 41.3 Å². The molecule has 0 spiro atoms. The molecule has 0 radical (unpaired) electrons. The van der Waals surface area contributed by atoms with Crippen LogP contribution in [0.1, 0.15) is 35.3 Å². The molecule has 0 aliphatic heterocycles. The van der Waals surface area contributed by atoms with Gasteiger partial charge in [0.2, 0.25) is 0 Å². The van der Waals surface area contributed by atoms with E-state index in [-0.39, 0.29) is 12.0 Å². The first-order valence-electron chi connectivity index (χ1n) is 10.5. The number of nitrogen functional groups attached to an aromatic ring is 1. The fourth-order valence-electron chi connectivity index (χ4n) is 3.10. The summed E-state index contributed by atoms with van der Waals surface area (Å²) in [6.45, 7) is 5.95. The third-order valence-corrected chi connectivity index (χ3v) is 4.75. The van der Waals surface area contributed by atoms with Gasteiger partial charge < -0.3 is 21.1 Å². The highest BCUT2D eigenvalue weighted by atomic mass is 16.5. The molecule has 1 amide bonds. The summed E-state index contributed by atoms with van der Waals surface area (Å²) >= 11 is 0. The van der Waals surface area contributed by atoms with Crippen LogP contribution in [0, 0.1) is 11.3 Å². The fraction of sp³-hybridized carbons (Fsp3) is 0.240. The van der Waals surface area contributed by atoms with E-state index < -0.39 is 0 Å². The monoisotopic (exact) mass is 429 g/mol. The number of nitrogens with one attached hydrogen (secondary N) is 2. The van der Waals surface area contributed by atoms with Crippen molar-refractivity contribution in [3.63, 3.8) is 0 Å². The number of anilines is 2. The molecule has 164 valence electrons. The Bertz CT molecular complexity index is 1100. The maximum atomic E-state index is 12.5. The number of nitrogens with zero attached hydrogens (tertiary/aromatic N) is 2. The Hall–Kier alpha value is -3.73. The number of hydrogen-bond acceptors (Lipinski definition) is 6. The molecule has 0 atom stereocenters. The minimum Gasteiger partial charge on any atom is -0.397 e. The molecule has 3 aromatic rings. The Morgan fingerprint density at radius 2 is 1.94 bits per heavy atom. The largest absolute Gasteiger partial charge is 0.397 e. The molecule has 0 unspecified atom stereocenters. The zero-order chi connectivity index (χ0) is 22.9. The van der Waals surface area contributed by atoms with Gasteiger partial charge in [-0.05, 0) is 49.7 Å². The van der Waals surface area contributed by atoms with Gasteiger partial charge in [-0.25, -0.2) is 0 Å². The Kier molecular flexibility index (Phi) is 7.92. The number of carbonyl (C=O) groups excluding carboxylic acids is 1. The highest BCUT2D eigenvalue weighted by molar-refractivity contribution is 6.05. The normalized spacial score (nSPS) is 10.7. The van der Waals surface area contributed by atoms with Gasteiger partial charge >= 0.3 is 0 Å². The van der Waals surface area contributed by atoms with E-state index in [1.54, 1.807) is 42.6 Å². The SMILES string of the molecule is CC(C)OCCNCc1cnc(-c2ccc(C(=O)Nc3ccccc3N)cc2)c(C#N)c1. The zero-order valence-electron chi connectivity index (χ0n) is 18.3. The van der Waals surface area contributed by atoms with Crippen LogP contribution in [0.25, 0.3) is 11.3 Å². The number of nitrogens with two attached hydrogens (primary N) is 1. The van der Waals surface area contributed by atoms with Crippen molar-refractivity contribution in [2.45, 2.75) is 26.5 Å². The maximum absolute atomic E-state index is 12.5. The van der Waals surface area contributed by atoms with Gasteiger partial charge in [-0.3, -0.25) is 9.78 Å². The number of carbonyl (C=O) groups is 1. The van der Waals surface area contributed by atoms with Crippen LogP contribution in [0.4, 0.5) is 11.4 Å². The predicted octanol–water partition coefficient (Wildman–Crippen LogP) is 3.97. The molecule has 0 saturated heterocycles. The lowest BCUT2D eigenvalue weighted by molar-refractivity contribution is 0.0807. The van der Waals surface area contributed by atoms with Crippen LogP contribution >= 0.6 is 0 Å². The number of rotatable bonds is 9. The summed E-state index contributed by atoms with van der Waals surface area (Å²) in [7, 11) is 0. The van der Waals surface area contributed by atoms with Crippen LogP contribution in [-0.2, 0) is 11.3 Å². The van der Waals surface area contributed by atoms with Gasteiger partial charge in [0.15, 0.2) is 0 Å². The highest BCUT2D eigenvalue weighted by Crippen LogP contribution is 2.23. The molecule has 0 aliphatic rings. The maximum Gasteiger partial charge on any atom is 0.255 e. The second-order valence-corrected chi connectivity index (χ2v) is 7.57. The van der Waals surface area contributed by atoms with Gasteiger partial charge in [0.05, 0.1) is 35.3 Å². The molecule has 0 saturated carbocycles. The van der Waals surface area contributed by atoms with E-state index in [4.69, 9.17) is 10.5 Å². The van der Waals surface area contributed by atoms with Gasteiger partial charge in [0.1, 0.15) is 6.07 Å². The Morgan fingerprint density at radius 3 is 2.62 bits per heavy atom. The quantitative estimate of drug-likeness (QED) is 0.350. The first-order valence-corrected chi connectivity index (χ1v) is 10.5. The lowest BCUT2D eigenvalue weighted by Crippen LogP contribution is -2.21. The number of para-hydroxylation sites is 2. The van der Waals surface area contributed by atoms with E-state index in [9.17, 15) is 10.1 Å².